The Bertz CT molecular complexity index is 515. The van der Waals surface area contributed by atoms with Crippen molar-refractivity contribution in [3.8, 4) is 10.9 Å². The number of ether oxygens (including phenoxy) is 1. The molecule has 0 saturated carbocycles. The Morgan fingerprint density at radius 1 is 1.50 bits per heavy atom. The number of hydrogen-bond donors (Lipinski definition) is 1. The van der Waals surface area contributed by atoms with Gasteiger partial charge in [0.15, 0.2) is 0 Å². The van der Waals surface area contributed by atoms with Crippen LogP contribution >= 0.6 is 27.5 Å². The Balaban J connectivity index is 2.38. The third kappa shape index (κ3) is 2.37. The highest BCUT2D eigenvalue weighted by molar-refractivity contribution is 9.10. The molecule has 0 aliphatic rings. The van der Waals surface area contributed by atoms with Gasteiger partial charge in [0.1, 0.15) is 17.6 Å². The Hall–Kier alpha value is -1.47. The van der Waals surface area contributed by atoms with Gasteiger partial charge in [-0.05, 0) is 18.2 Å². The Morgan fingerprint density at radius 2 is 2.31 bits per heavy atom. The quantitative estimate of drug-likeness (QED) is 0.943. The largest absolute Gasteiger partial charge is 0.478 e. The molecule has 0 radical (unpaired) electrons. The van der Waals surface area contributed by atoms with Crippen LogP contribution in [0.5, 0.6) is 10.9 Å². The minimum absolute atomic E-state index is 0.0819. The number of halogens is 1. The summed E-state index contributed by atoms with van der Waals surface area (Å²) in [6.45, 7) is 0. The van der Waals surface area contributed by atoms with Crippen LogP contribution in [0.4, 0.5) is 0 Å². The van der Waals surface area contributed by atoms with Gasteiger partial charge >= 0.3 is 5.97 Å². The van der Waals surface area contributed by atoms with Crippen LogP contribution in [-0.2, 0) is 0 Å². The van der Waals surface area contributed by atoms with Gasteiger partial charge in [-0.1, -0.05) is 15.9 Å². The summed E-state index contributed by atoms with van der Waals surface area (Å²) in [5.41, 5.74) is 0.0819. The number of carboxylic acids is 1. The maximum atomic E-state index is 10.9. The summed E-state index contributed by atoms with van der Waals surface area (Å²) < 4.78 is 9.82. The average molecular weight is 301 g/mol. The van der Waals surface area contributed by atoms with Crippen LogP contribution in [0.3, 0.4) is 0 Å². The van der Waals surface area contributed by atoms with Crippen molar-refractivity contribution in [2.75, 3.05) is 0 Å². The summed E-state index contributed by atoms with van der Waals surface area (Å²) in [5.74, 6) is -0.814. The van der Waals surface area contributed by atoms with E-state index in [1.54, 1.807) is 12.1 Å². The van der Waals surface area contributed by atoms with Crippen molar-refractivity contribution in [1.82, 2.24) is 9.36 Å². The van der Waals surface area contributed by atoms with Crippen molar-refractivity contribution in [2.24, 2.45) is 0 Å². The number of aromatic carboxylic acids is 1. The molecule has 0 aliphatic heterocycles. The van der Waals surface area contributed by atoms with Gasteiger partial charge in [-0.3, -0.25) is 0 Å². The minimum Gasteiger partial charge on any atom is -0.478 e. The van der Waals surface area contributed by atoms with Crippen LogP contribution in [0, 0.1) is 0 Å². The summed E-state index contributed by atoms with van der Waals surface area (Å²) in [5, 5.41) is 9.26. The molecule has 1 aromatic carbocycles. The fraction of sp³-hybridized carbons (Fsp3) is 0. The van der Waals surface area contributed by atoms with Gasteiger partial charge in [-0.15, -0.1) is 0 Å². The van der Waals surface area contributed by atoms with Crippen molar-refractivity contribution in [2.45, 2.75) is 0 Å². The summed E-state index contributed by atoms with van der Waals surface area (Å²) in [6.07, 6.45) is 1.35. The molecule has 0 atom stereocenters. The van der Waals surface area contributed by atoms with E-state index < -0.39 is 5.97 Å². The van der Waals surface area contributed by atoms with Gasteiger partial charge in [0.05, 0.1) is 0 Å². The minimum atomic E-state index is -1.05. The standard InChI is InChI=1S/C9H5BrN2O3S/c10-5-1-2-6(8(13)14)7(3-5)15-9-11-4-12-16-9/h1-4H,(H,13,14). The normalized spacial score (nSPS) is 10.1. The molecule has 0 bridgehead atoms. The molecule has 2 aromatic rings. The van der Waals surface area contributed by atoms with E-state index >= 15 is 0 Å². The lowest BCUT2D eigenvalue weighted by molar-refractivity contribution is 0.0694. The van der Waals surface area contributed by atoms with Gasteiger partial charge in [-0.25, -0.2) is 4.79 Å². The highest BCUT2D eigenvalue weighted by Crippen LogP contribution is 2.28. The SMILES string of the molecule is O=C(O)c1ccc(Br)cc1Oc1ncns1. The fourth-order valence-corrected chi connectivity index (χ4v) is 1.81. The second-order valence-corrected chi connectivity index (χ2v) is 4.41. The topological polar surface area (TPSA) is 72.3 Å². The van der Waals surface area contributed by atoms with Crippen LogP contribution in [0.1, 0.15) is 10.4 Å². The lowest BCUT2D eigenvalue weighted by Gasteiger charge is -2.05. The first-order valence-electron chi connectivity index (χ1n) is 4.14. The maximum absolute atomic E-state index is 10.9. The first-order valence-corrected chi connectivity index (χ1v) is 5.71. The summed E-state index contributed by atoms with van der Waals surface area (Å²) >= 11 is 4.30. The van der Waals surface area contributed by atoms with Crippen molar-refractivity contribution < 1.29 is 14.6 Å². The molecule has 0 unspecified atom stereocenters. The lowest BCUT2D eigenvalue weighted by atomic mass is 10.2. The Morgan fingerprint density at radius 3 is 2.94 bits per heavy atom. The third-order valence-electron chi connectivity index (χ3n) is 1.71. The molecule has 0 spiro atoms. The van der Waals surface area contributed by atoms with Gasteiger partial charge in [0, 0.05) is 16.0 Å². The molecule has 1 aromatic heterocycles. The van der Waals surface area contributed by atoms with E-state index in [-0.39, 0.29) is 11.3 Å². The number of aromatic nitrogens is 2. The molecule has 0 fully saturated rings. The van der Waals surface area contributed by atoms with E-state index in [0.29, 0.717) is 5.19 Å². The molecule has 2 rings (SSSR count). The van der Waals surface area contributed by atoms with E-state index in [9.17, 15) is 4.79 Å². The van der Waals surface area contributed by atoms with E-state index in [1.807, 2.05) is 0 Å². The molecular weight excluding hydrogens is 296 g/mol. The molecule has 1 N–H and O–H groups in total. The molecule has 0 aliphatic carbocycles. The zero-order valence-electron chi connectivity index (χ0n) is 7.75. The number of hydrogen-bond acceptors (Lipinski definition) is 5. The summed E-state index contributed by atoms with van der Waals surface area (Å²) in [4.78, 5) is 14.8. The molecule has 16 heavy (non-hydrogen) atoms. The number of carboxylic acid groups (broad SMARTS) is 1. The van der Waals surface area contributed by atoms with Gasteiger partial charge < -0.3 is 9.84 Å². The van der Waals surface area contributed by atoms with E-state index in [4.69, 9.17) is 9.84 Å². The zero-order chi connectivity index (χ0) is 11.5. The molecule has 5 nitrogen and oxygen atoms in total. The zero-order valence-corrected chi connectivity index (χ0v) is 10.2. The molecule has 1 heterocycles. The fourth-order valence-electron chi connectivity index (χ4n) is 1.06. The predicted octanol–water partition coefficient (Wildman–Crippen LogP) is 2.79. The van der Waals surface area contributed by atoms with Crippen molar-refractivity contribution in [3.05, 3.63) is 34.6 Å². The second kappa shape index (κ2) is 4.58. The van der Waals surface area contributed by atoms with E-state index in [0.717, 1.165) is 16.0 Å². The molecular formula is C9H5BrN2O3S. The smallest absolute Gasteiger partial charge is 0.339 e. The van der Waals surface area contributed by atoms with Gasteiger partial charge in [0.2, 0.25) is 0 Å². The third-order valence-corrected chi connectivity index (χ3v) is 2.75. The predicted molar refractivity (Wildman–Crippen MR) is 61.1 cm³/mol. The van der Waals surface area contributed by atoms with Crippen LogP contribution < -0.4 is 4.74 Å². The molecule has 82 valence electrons. The molecule has 0 saturated heterocycles. The van der Waals surface area contributed by atoms with Crippen LogP contribution in [0.15, 0.2) is 29.0 Å². The van der Waals surface area contributed by atoms with Crippen molar-refractivity contribution in [3.63, 3.8) is 0 Å². The van der Waals surface area contributed by atoms with Crippen molar-refractivity contribution in [1.29, 1.82) is 0 Å². The highest BCUT2D eigenvalue weighted by atomic mass is 79.9. The van der Waals surface area contributed by atoms with E-state index in [2.05, 4.69) is 25.3 Å². The first kappa shape index (κ1) is 11.0. The number of nitrogens with zero attached hydrogens (tertiary/aromatic N) is 2. The molecule has 7 heteroatoms. The average Bonchev–Trinajstić information content (AvgIpc) is 2.70. The number of benzene rings is 1. The van der Waals surface area contributed by atoms with Gasteiger partial charge in [0.25, 0.3) is 5.19 Å². The van der Waals surface area contributed by atoms with Crippen molar-refractivity contribution >= 4 is 33.4 Å². The Kier molecular flexibility index (Phi) is 3.16. The monoisotopic (exact) mass is 300 g/mol. The number of carbonyl (C=O) groups is 1. The van der Waals surface area contributed by atoms with Crippen LogP contribution in [0.25, 0.3) is 0 Å². The Labute approximate surface area is 103 Å². The van der Waals surface area contributed by atoms with Crippen LogP contribution in [0.2, 0.25) is 0 Å². The first-order chi connectivity index (χ1) is 7.66. The molecule has 0 amide bonds. The summed E-state index contributed by atoms with van der Waals surface area (Å²) in [6, 6.07) is 4.67. The highest BCUT2D eigenvalue weighted by Gasteiger charge is 2.13. The van der Waals surface area contributed by atoms with E-state index in [1.165, 1.54) is 12.4 Å². The second-order valence-electron chi connectivity index (χ2n) is 2.75. The van der Waals surface area contributed by atoms with Gasteiger partial charge in [-0.2, -0.15) is 9.36 Å². The van der Waals surface area contributed by atoms with Crippen LogP contribution in [-0.4, -0.2) is 20.4 Å². The summed E-state index contributed by atoms with van der Waals surface area (Å²) in [7, 11) is 0. The number of rotatable bonds is 3. The lowest BCUT2D eigenvalue weighted by Crippen LogP contribution is -1.99. The maximum Gasteiger partial charge on any atom is 0.339 e.